The van der Waals surface area contributed by atoms with Gasteiger partial charge in [0.2, 0.25) is 0 Å². The van der Waals surface area contributed by atoms with Crippen LogP contribution in [0, 0.1) is 0 Å². The first-order valence-electron chi connectivity index (χ1n) is 5.21. The highest BCUT2D eigenvalue weighted by molar-refractivity contribution is 5.85. The zero-order valence-electron chi connectivity index (χ0n) is 10.6. The van der Waals surface area contributed by atoms with Crippen molar-refractivity contribution in [3.63, 3.8) is 0 Å². The Morgan fingerprint density at radius 2 is 2.00 bits per heavy atom. The second-order valence-electron chi connectivity index (χ2n) is 3.56. The van der Waals surface area contributed by atoms with Crippen LogP contribution in [0.25, 0.3) is 0 Å². The average Bonchev–Trinajstić information content (AvgIpc) is 2.35. The Hall–Kier alpha value is -1.46. The lowest BCUT2D eigenvalue weighted by Gasteiger charge is -2.12. The van der Waals surface area contributed by atoms with E-state index in [-0.39, 0.29) is 25.1 Å². The van der Waals surface area contributed by atoms with Gasteiger partial charge in [0, 0.05) is 6.04 Å². The third-order valence-corrected chi connectivity index (χ3v) is 2.29. The zero-order valence-corrected chi connectivity index (χ0v) is 11.5. The number of methoxy groups -OCH3 is 2. The van der Waals surface area contributed by atoms with Gasteiger partial charge in [-0.05, 0) is 24.6 Å². The van der Waals surface area contributed by atoms with Gasteiger partial charge in [0.25, 0.3) is 0 Å². The maximum absolute atomic E-state index is 11.0. The maximum atomic E-state index is 11.0. The molecular formula is C12H18ClNO4. The number of benzene rings is 1. The quantitative estimate of drug-likeness (QED) is 0.828. The summed E-state index contributed by atoms with van der Waals surface area (Å²) in [7, 11) is 2.84. The Bertz CT molecular complexity index is 396. The average molecular weight is 276 g/mol. The second-order valence-corrected chi connectivity index (χ2v) is 3.56. The molecule has 1 aromatic rings. The minimum Gasteiger partial charge on any atom is -0.493 e. The molecule has 1 aromatic carbocycles. The molecule has 1 unspecified atom stereocenters. The summed E-state index contributed by atoms with van der Waals surface area (Å²) in [4.78, 5) is 11.0. The summed E-state index contributed by atoms with van der Waals surface area (Å²) in [5.41, 5.74) is 6.70. The van der Waals surface area contributed by atoms with Gasteiger partial charge in [0.15, 0.2) is 18.1 Å². The Kier molecular flexibility index (Phi) is 7.16. The molecule has 0 aliphatic rings. The molecule has 0 fully saturated rings. The summed E-state index contributed by atoms with van der Waals surface area (Å²) in [6.07, 6.45) is 0. The molecule has 0 spiro atoms. The van der Waals surface area contributed by atoms with Crippen molar-refractivity contribution in [3.8, 4) is 11.5 Å². The molecule has 0 aromatic heterocycles. The van der Waals surface area contributed by atoms with Crippen molar-refractivity contribution in [2.45, 2.75) is 13.0 Å². The highest BCUT2D eigenvalue weighted by Crippen LogP contribution is 2.29. The summed E-state index contributed by atoms with van der Waals surface area (Å²) in [6, 6.07) is 5.26. The summed E-state index contributed by atoms with van der Waals surface area (Å²) < 4.78 is 14.9. The van der Waals surface area contributed by atoms with Crippen molar-refractivity contribution < 1.29 is 19.0 Å². The number of halogens is 1. The predicted octanol–water partition coefficient (Wildman–Crippen LogP) is 1.69. The van der Waals surface area contributed by atoms with Gasteiger partial charge < -0.3 is 19.9 Å². The number of carbonyl (C=O) groups excluding carboxylic acids is 1. The number of ether oxygens (including phenoxy) is 3. The first-order chi connectivity index (χ1) is 8.08. The van der Waals surface area contributed by atoms with Crippen molar-refractivity contribution in [3.05, 3.63) is 23.8 Å². The van der Waals surface area contributed by atoms with Gasteiger partial charge in [-0.25, -0.2) is 4.79 Å². The van der Waals surface area contributed by atoms with E-state index in [4.69, 9.17) is 15.2 Å². The van der Waals surface area contributed by atoms with Gasteiger partial charge in [-0.15, -0.1) is 12.4 Å². The molecule has 6 heteroatoms. The van der Waals surface area contributed by atoms with Gasteiger partial charge in [0.05, 0.1) is 14.2 Å². The third-order valence-electron chi connectivity index (χ3n) is 2.29. The van der Waals surface area contributed by atoms with Crippen molar-refractivity contribution in [2.75, 3.05) is 20.8 Å². The molecule has 0 bridgehead atoms. The molecule has 102 valence electrons. The summed E-state index contributed by atoms with van der Waals surface area (Å²) >= 11 is 0. The number of esters is 1. The van der Waals surface area contributed by atoms with E-state index in [0.29, 0.717) is 11.5 Å². The number of hydrogen-bond donors (Lipinski definition) is 1. The lowest BCUT2D eigenvalue weighted by atomic mass is 10.1. The van der Waals surface area contributed by atoms with Gasteiger partial charge in [0.1, 0.15) is 0 Å². The van der Waals surface area contributed by atoms with Gasteiger partial charge >= 0.3 is 5.97 Å². The SMILES string of the molecule is COC(=O)COc1ccc(C(C)N)cc1OC.Cl. The Morgan fingerprint density at radius 3 is 2.50 bits per heavy atom. The molecule has 2 N–H and O–H groups in total. The molecule has 0 amide bonds. The molecule has 18 heavy (non-hydrogen) atoms. The van der Waals surface area contributed by atoms with E-state index in [0.717, 1.165) is 5.56 Å². The van der Waals surface area contributed by atoms with Crippen LogP contribution in [0.2, 0.25) is 0 Å². The number of hydrogen-bond acceptors (Lipinski definition) is 5. The van der Waals surface area contributed by atoms with Gasteiger partial charge in [-0.3, -0.25) is 0 Å². The predicted molar refractivity (Wildman–Crippen MR) is 70.4 cm³/mol. The van der Waals surface area contributed by atoms with Crippen LogP contribution < -0.4 is 15.2 Å². The molecule has 5 nitrogen and oxygen atoms in total. The number of rotatable bonds is 5. The van der Waals surface area contributed by atoms with E-state index in [1.165, 1.54) is 14.2 Å². The summed E-state index contributed by atoms with van der Waals surface area (Å²) in [5.74, 6) is 0.592. The lowest BCUT2D eigenvalue weighted by molar-refractivity contribution is -0.142. The third kappa shape index (κ3) is 4.43. The molecule has 0 aliphatic heterocycles. The van der Waals surface area contributed by atoms with Crippen LogP contribution in [0.1, 0.15) is 18.5 Å². The van der Waals surface area contributed by atoms with E-state index < -0.39 is 5.97 Å². The van der Waals surface area contributed by atoms with E-state index >= 15 is 0 Å². The minimum atomic E-state index is -0.441. The molecular weight excluding hydrogens is 258 g/mol. The highest BCUT2D eigenvalue weighted by Gasteiger charge is 2.10. The first-order valence-corrected chi connectivity index (χ1v) is 5.21. The van der Waals surface area contributed by atoms with E-state index in [1.54, 1.807) is 12.1 Å². The topological polar surface area (TPSA) is 70.8 Å². The largest absolute Gasteiger partial charge is 0.493 e. The van der Waals surface area contributed by atoms with E-state index in [2.05, 4.69) is 4.74 Å². The molecule has 1 atom stereocenters. The smallest absolute Gasteiger partial charge is 0.343 e. The maximum Gasteiger partial charge on any atom is 0.343 e. The standard InChI is InChI=1S/C12H17NO4.ClH/c1-8(13)9-4-5-10(11(6-9)15-2)17-7-12(14)16-3;/h4-6,8H,7,13H2,1-3H3;1H. The fraction of sp³-hybridized carbons (Fsp3) is 0.417. The van der Waals surface area contributed by atoms with Crippen molar-refractivity contribution in [1.82, 2.24) is 0 Å². The van der Waals surface area contributed by atoms with E-state index in [9.17, 15) is 4.79 Å². The number of carbonyl (C=O) groups is 1. The minimum absolute atomic E-state index is 0. The molecule has 0 aliphatic carbocycles. The molecule has 0 saturated heterocycles. The van der Waals surface area contributed by atoms with Crippen LogP contribution in [0.4, 0.5) is 0 Å². The van der Waals surface area contributed by atoms with Crippen molar-refractivity contribution in [1.29, 1.82) is 0 Å². The fourth-order valence-electron chi connectivity index (χ4n) is 1.28. The Labute approximate surface area is 113 Å². The van der Waals surface area contributed by atoms with Crippen LogP contribution >= 0.6 is 12.4 Å². The molecule has 1 rings (SSSR count). The number of nitrogens with two attached hydrogens (primary N) is 1. The Balaban J connectivity index is 0.00000289. The summed E-state index contributed by atoms with van der Waals surface area (Å²) in [5, 5.41) is 0. The fourth-order valence-corrected chi connectivity index (χ4v) is 1.28. The lowest BCUT2D eigenvalue weighted by Crippen LogP contribution is -2.13. The van der Waals surface area contributed by atoms with Crippen LogP contribution in [-0.4, -0.2) is 26.8 Å². The van der Waals surface area contributed by atoms with Crippen LogP contribution in [0.3, 0.4) is 0 Å². The van der Waals surface area contributed by atoms with E-state index in [1.807, 2.05) is 13.0 Å². The van der Waals surface area contributed by atoms with Crippen LogP contribution in [0.5, 0.6) is 11.5 Å². The van der Waals surface area contributed by atoms with Gasteiger partial charge in [-0.2, -0.15) is 0 Å². The molecule has 0 saturated carbocycles. The Morgan fingerprint density at radius 1 is 1.33 bits per heavy atom. The molecule has 0 radical (unpaired) electrons. The van der Waals surface area contributed by atoms with Crippen LogP contribution in [0.15, 0.2) is 18.2 Å². The zero-order chi connectivity index (χ0) is 12.8. The molecule has 0 heterocycles. The van der Waals surface area contributed by atoms with Crippen molar-refractivity contribution in [2.24, 2.45) is 5.73 Å². The monoisotopic (exact) mass is 275 g/mol. The summed E-state index contributed by atoms with van der Waals surface area (Å²) in [6.45, 7) is 1.73. The van der Waals surface area contributed by atoms with Crippen LogP contribution in [-0.2, 0) is 9.53 Å². The van der Waals surface area contributed by atoms with Gasteiger partial charge in [-0.1, -0.05) is 6.07 Å². The van der Waals surface area contributed by atoms with Crippen molar-refractivity contribution >= 4 is 18.4 Å². The second kappa shape index (κ2) is 7.79. The highest BCUT2D eigenvalue weighted by atomic mass is 35.5. The normalized spacial score (nSPS) is 11.1. The first kappa shape index (κ1) is 16.5.